The van der Waals surface area contributed by atoms with Gasteiger partial charge in [-0.2, -0.15) is 0 Å². The van der Waals surface area contributed by atoms with E-state index in [0.29, 0.717) is 16.3 Å². The summed E-state index contributed by atoms with van der Waals surface area (Å²) in [5, 5.41) is 24.2. The zero-order chi connectivity index (χ0) is 24.1. The number of benzene rings is 3. The van der Waals surface area contributed by atoms with Crippen LogP contribution in [0.4, 0.5) is 11.4 Å². The summed E-state index contributed by atoms with van der Waals surface area (Å²) in [6, 6.07) is 15.4. The Balaban J connectivity index is 1.60. The summed E-state index contributed by atoms with van der Waals surface area (Å²) in [4.78, 5) is 36.8. The summed E-state index contributed by atoms with van der Waals surface area (Å²) in [6.07, 6.45) is 0. The van der Waals surface area contributed by atoms with Crippen LogP contribution in [0.2, 0.25) is 10.0 Å². The Bertz CT molecular complexity index is 1220. The largest absolute Gasteiger partial charge is 0.507 e. The van der Waals surface area contributed by atoms with E-state index >= 15 is 0 Å². The van der Waals surface area contributed by atoms with E-state index in [-0.39, 0.29) is 33.8 Å². The number of hydrogen-bond donors (Lipinski definition) is 4. The van der Waals surface area contributed by atoms with E-state index in [2.05, 4.69) is 10.6 Å². The number of thioether (sulfide) groups is 1. The number of carbonyl (C=O) groups excluding carboxylic acids is 2. The van der Waals surface area contributed by atoms with Crippen molar-refractivity contribution in [1.82, 2.24) is 0 Å². The third kappa shape index (κ3) is 6.41. The molecular formula is C23H18Cl2N2O5S. The Morgan fingerprint density at radius 3 is 2.18 bits per heavy atom. The number of anilines is 2. The molecule has 1 unspecified atom stereocenters. The third-order valence-electron chi connectivity index (χ3n) is 4.46. The zero-order valence-corrected chi connectivity index (χ0v) is 19.5. The summed E-state index contributed by atoms with van der Waals surface area (Å²) < 4.78 is 0. The SMILES string of the molecule is CC(Sc1ccc(NC(=O)c2ccc(Cl)cc2Cl)cc1)C(=O)Nc1ccc(O)c(C(=O)O)c1. The molecule has 33 heavy (non-hydrogen) atoms. The number of carboxylic acids is 1. The fourth-order valence-electron chi connectivity index (χ4n) is 2.78. The molecule has 4 N–H and O–H groups in total. The third-order valence-corrected chi connectivity index (χ3v) is 6.12. The van der Waals surface area contributed by atoms with Crippen LogP contribution >= 0.6 is 35.0 Å². The van der Waals surface area contributed by atoms with E-state index in [4.69, 9.17) is 28.3 Å². The minimum atomic E-state index is -1.29. The highest BCUT2D eigenvalue weighted by molar-refractivity contribution is 8.00. The van der Waals surface area contributed by atoms with Crippen molar-refractivity contribution in [1.29, 1.82) is 0 Å². The quantitative estimate of drug-likeness (QED) is 0.239. The lowest BCUT2D eigenvalue weighted by Crippen LogP contribution is -2.22. The lowest BCUT2D eigenvalue weighted by Gasteiger charge is -2.13. The van der Waals surface area contributed by atoms with E-state index in [9.17, 15) is 19.5 Å². The van der Waals surface area contributed by atoms with Gasteiger partial charge in [0.25, 0.3) is 5.91 Å². The Labute approximate surface area is 203 Å². The first kappa shape index (κ1) is 24.4. The van der Waals surface area contributed by atoms with Crippen LogP contribution in [0.1, 0.15) is 27.6 Å². The molecule has 7 nitrogen and oxygen atoms in total. The van der Waals surface area contributed by atoms with Crippen LogP contribution < -0.4 is 10.6 Å². The maximum atomic E-state index is 12.5. The van der Waals surface area contributed by atoms with Crippen molar-refractivity contribution < 1.29 is 24.6 Å². The molecule has 1 atom stereocenters. The number of nitrogens with one attached hydrogen (secondary N) is 2. The Hall–Kier alpha value is -3.20. The maximum Gasteiger partial charge on any atom is 0.339 e. The Kier molecular flexibility index (Phi) is 7.86. The molecule has 0 aliphatic rings. The molecule has 3 aromatic carbocycles. The van der Waals surface area contributed by atoms with Crippen molar-refractivity contribution in [3.8, 4) is 5.75 Å². The number of carbonyl (C=O) groups is 3. The topological polar surface area (TPSA) is 116 Å². The normalized spacial score (nSPS) is 11.5. The van der Waals surface area contributed by atoms with E-state index in [1.807, 2.05) is 0 Å². The van der Waals surface area contributed by atoms with Crippen LogP contribution in [0.15, 0.2) is 65.6 Å². The standard InChI is InChI=1S/C23H18Cl2N2O5S/c1-12(21(29)27-15-5-9-20(28)18(11-15)23(31)32)33-16-6-3-14(4-7-16)26-22(30)17-8-2-13(24)10-19(17)25/h2-12,28H,1H3,(H,26,30)(H,27,29)(H,31,32). The second kappa shape index (κ2) is 10.6. The molecule has 3 aromatic rings. The van der Waals surface area contributed by atoms with Gasteiger partial charge < -0.3 is 20.8 Å². The van der Waals surface area contributed by atoms with Gasteiger partial charge in [0.1, 0.15) is 11.3 Å². The van der Waals surface area contributed by atoms with E-state index in [1.54, 1.807) is 37.3 Å². The van der Waals surface area contributed by atoms with Crippen molar-refractivity contribution in [3.05, 3.63) is 81.8 Å². The molecule has 0 bridgehead atoms. The summed E-state index contributed by atoms with van der Waals surface area (Å²) in [6.45, 7) is 1.71. The number of hydrogen-bond acceptors (Lipinski definition) is 5. The van der Waals surface area contributed by atoms with Crippen molar-refractivity contribution in [2.24, 2.45) is 0 Å². The highest BCUT2D eigenvalue weighted by atomic mass is 35.5. The van der Waals surface area contributed by atoms with E-state index in [0.717, 1.165) is 4.90 Å². The van der Waals surface area contributed by atoms with Gasteiger partial charge in [-0.1, -0.05) is 23.2 Å². The summed E-state index contributed by atoms with van der Waals surface area (Å²) in [7, 11) is 0. The predicted molar refractivity (Wildman–Crippen MR) is 130 cm³/mol. The average molecular weight is 505 g/mol. The number of amides is 2. The van der Waals surface area contributed by atoms with Crippen molar-refractivity contribution in [3.63, 3.8) is 0 Å². The van der Waals surface area contributed by atoms with Crippen molar-refractivity contribution in [2.75, 3.05) is 10.6 Å². The van der Waals surface area contributed by atoms with Crippen LogP contribution in [-0.2, 0) is 4.79 Å². The zero-order valence-electron chi connectivity index (χ0n) is 17.1. The number of rotatable bonds is 7. The molecule has 0 heterocycles. The molecule has 3 rings (SSSR count). The van der Waals surface area contributed by atoms with Crippen LogP contribution in [0, 0.1) is 0 Å². The van der Waals surface area contributed by atoms with Crippen molar-refractivity contribution >= 4 is 64.1 Å². The Morgan fingerprint density at radius 1 is 0.879 bits per heavy atom. The molecule has 0 saturated heterocycles. The molecule has 0 aromatic heterocycles. The number of aromatic carboxylic acids is 1. The van der Waals surface area contributed by atoms with Crippen LogP contribution in [0.3, 0.4) is 0 Å². The molecule has 0 spiro atoms. The number of aromatic hydroxyl groups is 1. The first-order valence-electron chi connectivity index (χ1n) is 9.54. The van der Waals surface area contributed by atoms with E-state index in [1.165, 1.54) is 42.1 Å². The number of halogens is 2. The first-order valence-corrected chi connectivity index (χ1v) is 11.2. The molecule has 0 radical (unpaired) electrons. The monoisotopic (exact) mass is 504 g/mol. The van der Waals surface area contributed by atoms with E-state index < -0.39 is 11.2 Å². The smallest absolute Gasteiger partial charge is 0.339 e. The average Bonchev–Trinajstić information content (AvgIpc) is 2.76. The lowest BCUT2D eigenvalue weighted by molar-refractivity contribution is -0.115. The highest BCUT2D eigenvalue weighted by Gasteiger charge is 2.17. The van der Waals surface area contributed by atoms with Gasteiger partial charge in [0, 0.05) is 21.3 Å². The first-order chi connectivity index (χ1) is 15.6. The molecule has 2 amide bonds. The molecule has 0 saturated carbocycles. The predicted octanol–water partition coefficient (Wildman–Crippen LogP) is 5.77. The number of phenols is 1. The lowest BCUT2D eigenvalue weighted by atomic mass is 10.2. The molecule has 170 valence electrons. The Morgan fingerprint density at radius 2 is 1.55 bits per heavy atom. The number of carboxylic acid groups (broad SMARTS) is 1. The van der Waals surface area contributed by atoms with Gasteiger partial charge in [0.2, 0.25) is 5.91 Å². The molecular weight excluding hydrogens is 487 g/mol. The summed E-state index contributed by atoms with van der Waals surface area (Å²) >= 11 is 13.2. The molecule has 0 aliphatic carbocycles. The minimum Gasteiger partial charge on any atom is -0.507 e. The summed E-state index contributed by atoms with van der Waals surface area (Å²) in [5.41, 5.74) is 0.815. The van der Waals surface area contributed by atoms with Gasteiger partial charge in [0.15, 0.2) is 0 Å². The van der Waals surface area contributed by atoms with Crippen LogP contribution in [-0.4, -0.2) is 33.2 Å². The fourth-order valence-corrected chi connectivity index (χ4v) is 4.14. The van der Waals surface area contributed by atoms with Gasteiger partial charge in [0.05, 0.1) is 15.8 Å². The van der Waals surface area contributed by atoms with Gasteiger partial charge in [-0.05, 0) is 67.6 Å². The van der Waals surface area contributed by atoms with Gasteiger partial charge >= 0.3 is 5.97 Å². The second-order valence-corrected chi connectivity index (χ2v) is 9.15. The molecule has 10 heteroatoms. The van der Waals surface area contributed by atoms with Gasteiger partial charge in [-0.3, -0.25) is 9.59 Å². The molecule has 0 aliphatic heterocycles. The van der Waals surface area contributed by atoms with Gasteiger partial charge in [-0.25, -0.2) is 4.79 Å². The highest BCUT2D eigenvalue weighted by Crippen LogP contribution is 2.28. The van der Waals surface area contributed by atoms with Crippen LogP contribution in [0.25, 0.3) is 0 Å². The van der Waals surface area contributed by atoms with Crippen LogP contribution in [0.5, 0.6) is 5.75 Å². The molecule has 0 fully saturated rings. The second-order valence-electron chi connectivity index (χ2n) is 6.89. The maximum absolute atomic E-state index is 12.5. The minimum absolute atomic E-state index is 0.246. The fraction of sp³-hybridized carbons (Fsp3) is 0.0870. The summed E-state index contributed by atoms with van der Waals surface area (Å²) in [5.74, 6) is -2.39. The van der Waals surface area contributed by atoms with Crippen molar-refractivity contribution in [2.45, 2.75) is 17.1 Å². The van der Waals surface area contributed by atoms with Gasteiger partial charge in [-0.15, -0.1) is 11.8 Å².